The van der Waals surface area contributed by atoms with Crippen molar-refractivity contribution in [1.29, 1.82) is 0 Å². The smallest absolute Gasteiger partial charge is 0.350 e. The SMILES string of the molecule is CC[C@H](C(=O)NC(C)(C)C)N(Cc1ccc(F)cc1)C(=O)CN(c1cccc(C(F)(F)F)c1)S(=O)(=O)c1ccc(C)cc1. The van der Waals surface area contributed by atoms with E-state index in [0.717, 1.165) is 17.7 Å². The highest BCUT2D eigenvalue weighted by atomic mass is 32.2. The van der Waals surface area contributed by atoms with Gasteiger partial charge in [0.05, 0.1) is 16.1 Å². The number of alkyl halides is 3. The molecule has 0 aromatic heterocycles. The molecule has 1 N–H and O–H groups in total. The molecule has 0 aliphatic heterocycles. The summed E-state index contributed by atoms with van der Waals surface area (Å²) in [5.74, 6) is -1.86. The van der Waals surface area contributed by atoms with Crippen LogP contribution in [-0.2, 0) is 32.3 Å². The molecular weight excluding hydrogens is 586 g/mol. The molecule has 3 aromatic rings. The van der Waals surface area contributed by atoms with Crippen LogP contribution in [0.15, 0.2) is 77.7 Å². The fourth-order valence-electron chi connectivity index (χ4n) is 4.36. The van der Waals surface area contributed by atoms with E-state index in [1.165, 1.54) is 59.5 Å². The maximum Gasteiger partial charge on any atom is 0.416 e. The van der Waals surface area contributed by atoms with Crippen LogP contribution in [0.25, 0.3) is 0 Å². The Labute approximate surface area is 249 Å². The second kappa shape index (κ2) is 13.2. The summed E-state index contributed by atoms with van der Waals surface area (Å²) in [5.41, 5.74) is -0.919. The lowest BCUT2D eigenvalue weighted by atomic mass is 10.1. The van der Waals surface area contributed by atoms with Gasteiger partial charge < -0.3 is 10.2 Å². The fraction of sp³-hybridized carbons (Fsp3) is 0.355. The zero-order chi connectivity index (χ0) is 32.2. The number of hydrogen-bond donors (Lipinski definition) is 1. The minimum Gasteiger partial charge on any atom is -0.350 e. The molecule has 0 heterocycles. The van der Waals surface area contributed by atoms with Crippen LogP contribution < -0.4 is 9.62 Å². The highest BCUT2D eigenvalue weighted by molar-refractivity contribution is 7.92. The van der Waals surface area contributed by atoms with E-state index in [-0.39, 0.29) is 23.5 Å². The molecule has 1 atom stereocenters. The van der Waals surface area contributed by atoms with E-state index < -0.39 is 57.5 Å². The number of nitrogens with one attached hydrogen (secondary N) is 1. The van der Waals surface area contributed by atoms with Crippen LogP contribution in [0.2, 0.25) is 0 Å². The van der Waals surface area contributed by atoms with Crippen molar-refractivity contribution in [3.63, 3.8) is 0 Å². The lowest BCUT2D eigenvalue weighted by molar-refractivity contribution is -0.141. The monoisotopic (exact) mass is 621 g/mol. The van der Waals surface area contributed by atoms with Crippen molar-refractivity contribution in [2.24, 2.45) is 0 Å². The molecule has 3 aromatic carbocycles. The normalized spacial score (nSPS) is 12.9. The zero-order valence-corrected chi connectivity index (χ0v) is 25.4. The number of halogens is 4. The number of carbonyl (C=O) groups excluding carboxylic acids is 2. The van der Waals surface area contributed by atoms with Gasteiger partial charge in [-0.1, -0.05) is 42.8 Å². The second-order valence-electron chi connectivity index (χ2n) is 11.2. The number of carbonyl (C=O) groups is 2. The lowest BCUT2D eigenvalue weighted by Crippen LogP contribution is -2.55. The maximum absolute atomic E-state index is 14.0. The predicted octanol–water partition coefficient (Wildman–Crippen LogP) is 6.07. The van der Waals surface area contributed by atoms with E-state index >= 15 is 0 Å². The molecule has 7 nitrogen and oxygen atoms in total. The van der Waals surface area contributed by atoms with Crippen molar-refractivity contribution in [3.8, 4) is 0 Å². The minimum atomic E-state index is -4.77. The second-order valence-corrected chi connectivity index (χ2v) is 13.0. The quantitative estimate of drug-likeness (QED) is 0.279. The van der Waals surface area contributed by atoms with Gasteiger partial charge in [-0.2, -0.15) is 13.2 Å². The molecule has 3 rings (SSSR count). The zero-order valence-electron chi connectivity index (χ0n) is 24.6. The highest BCUT2D eigenvalue weighted by Crippen LogP contribution is 2.33. The van der Waals surface area contributed by atoms with Crippen molar-refractivity contribution < 1.29 is 35.6 Å². The lowest BCUT2D eigenvalue weighted by Gasteiger charge is -2.35. The van der Waals surface area contributed by atoms with Crippen LogP contribution in [0.4, 0.5) is 23.2 Å². The molecule has 0 fully saturated rings. The number of sulfonamides is 1. The molecule has 0 radical (unpaired) electrons. The highest BCUT2D eigenvalue weighted by Gasteiger charge is 2.36. The number of benzene rings is 3. The third-order valence-corrected chi connectivity index (χ3v) is 8.29. The summed E-state index contributed by atoms with van der Waals surface area (Å²) in [6.07, 6.45) is -4.63. The van der Waals surface area contributed by atoms with Crippen molar-refractivity contribution in [2.45, 2.75) is 70.2 Å². The standard InChI is InChI=1S/C31H35F4N3O4S/c1-6-27(29(40)36-30(3,4)5)37(19-22-12-14-24(32)15-13-22)28(39)20-38(25-9-7-8-23(18-25)31(33,34)35)43(41,42)26-16-10-21(2)11-17-26/h7-18,27H,6,19-20H2,1-5H3,(H,36,40)/t27-/m1/s1. The summed E-state index contributed by atoms with van der Waals surface area (Å²) in [6, 6.07) is 13.5. The fourth-order valence-corrected chi connectivity index (χ4v) is 5.77. The van der Waals surface area contributed by atoms with Gasteiger partial charge >= 0.3 is 6.18 Å². The summed E-state index contributed by atoms with van der Waals surface area (Å²) in [5, 5.41) is 2.82. The molecule has 0 unspecified atom stereocenters. The molecule has 0 saturated heterocycles. The van der Waals surface area contributed by atoms with Gasteiger partial charge in [-0.25, -0.2) is 12.8 Å². The van der Waals surface area contributed by atoms with Crippen LogP contribution in [-0.4, -0.2) is 43.3 Å². The molecule has 0 saturated carbocycles. The Morgan fingerprint density at radius 1 is 0.930 bits per heavy atom. The van der Waals surface area contributed by atoms with Crippen molar-refractivity contribution in [3.05, 3.63) is 95.3 Å². The summed E-state index contributed by atoms with van der Waals surface area (Å²) in [6.45, 7) is 7.60. The predicted molar refractivity (Wildman–Crippen MR) is 156 cm³/mol. The van der Waals surface area contributed by atoms with Crippen molar-refractivity contribution in [2.75, 3.05) is 10.8 Å². The molecule has 0 spiro atoms. The van der Waals surface area contributed by atoms with Gasteiger partial charge in [0.1, 0.15) is 18.4 Å². The van der Waals surface area contributed by atoms with Gasteiger partial charge in [0.25, 0.3) is 10.0 Å². The Balaban J connectivity index is 2.13. The molecule has 0 aliphatic rings. The van der Waals surface area contributed by atoms with Crippen LogP contribution in [0.3, 0.4) is 0 Å². The van der Waals surface area contributed by atoms with Crippen LogP contribution >= 0.6 is 0 Å². The summed E-state index contributed by atoms with van der Waals surface area (Å²) < 4.78 is 82.8. The first-order chi connectivity index (χ1) is 19.9. The van der Waals surface area contributed by atoms with Gasteiger partial charge in [0.15, 0.2) is 0 Å². The largest absolute Gasteiger partial charge is 0.416 e. The Kier molecular flexibility index (Phi) is 10.3. The Bertz CT molecular complexity index is 1530. The number of rotatable bonds is 10. The first kappa shape index (κ1) is 33.6. The van der Waals surface area contributed by atoms with E-state index in [4.69, 9.17) is 0 Å². The molecule has 0 bridgehead atoms. The van der Waals surface area contributed by atoms with Crippen LogP contribution in [0.5, 0.6) is 0 Å². The number of nitrogens with zero attached hydrogens (tertiary/aromatic N) is 2. The number of amides is 2. The summed E-state index contributed by atoms with van der Waals surface area (Å²) >= 11 is 0. The number of hydrogen-bond acceptors (Lipinski definition) is 4. The first-order valence-corrected chi connectivity index (χ1v) is 15.0. The topological polar surface area (TPSA) is 86.8 Å². The van der Waals surface area contributed by atoms with Gasteiger partial charge in [0.2, 0.25) is 11.8 Å². The van der Waals surface area contributed by atoms with Crippen LogP contribution in [0, 0.1) is 12.7 Å². The van der Waals surface area contributed by atoms with Gasteiger partial charge in [-0.15, -0.1) is 0 Å². The van der Waals surface area contributed by atoms with Crippen molar-refractivity contribution >= 4 is 27.5 Å². The van der Waals surface area contributed by atoms with E-state index in [1.54, 1.807) is 34.6 Å². The Hall–Kier alpha value is -3.93. The average Bonchev–Trinajstić information content (AvgIpc) is 2.91. The Morgan fingerprint density at radius 3 is 2.07 bits per heavy atom. The molecular formula is C31H35F4N3O4S. The van der Waals surface area contributed by atoms with Crippen molar-refractivity contribution in [1.82, 2.24) is 10.2 Å². The first-order valence-electron chi connectivity index (χ1n) is 13.5. The number of aryl methyl sites for hydroxylation is 1. The maximum atomic E-state index is 14.0. The molecule has 2 amide bonds. The summed E-state index contributed by atoms with van der Waals surface area (Å²) in [7, 11) is -4.55. The van der Waals surface area contributed by atoms with E-state index in [1.807, 2.05) is 0 Å². The molecule has 232 valence electrons. The Morgan fingerprint density at radius 2 is 1.53 bits per heavy atom. The van der Waals surface area contributed by atoms with Crippen LogP contribution in [0.1, 0.15) is 50.8 Å². The third-order valence-electron chi connectivity index (χ3n) is 6.50. The molecule has 0 aliphatic carbocycles. The number of anilines is 1. The molecule has 12 heteroatoms. The third kappa shape index (κ3) is 8.79. The minimum absolute atomic E-state index is 0.142. The average molecular weight is 622 g/mol. The molecule has 43 heavy (non-hydrogen) atoms. The van der Waals surface area contributed by atoms with Gasteiger partial charge in [0, 0.05) is 12.1 Å². The van der Waals surface area contributed by atoms with E-state index in [2.05, 4.69) is 5.32 Å². The van der Waals surface area contributed by atoms with E-state index in [0.29, 0.717) is 15.9 Å². The van der Waals surface area contributed by atoms with Gasteiger partial charge in [-0.05, 0) is 82.1 Å². The summed E-state index contributed by atoms with van der Waals surface area (Å²) in [4.78, 5) is 28.3. The van der Waals surface area contributed by atoms with E-state index in [9.17, 15) is 35.6 Å². The van der Waals surface area contributed by atoms with Gasteiger partial charge in [-0.3, -0.25) is 13.9 Å².